The van der Waals surface area contributed by atoms with Crippen LogP contribution in [0, 0.1) is 0 Å². The van der Waals surface area contributed by atoms with Gasteiger partial charge in [0.25, 0.3) is 0 Å². The number of nitrogens with one attached hydrogen (secondary N) is 2. The van der Waals surface area contributed by atoms with Gasteiger partial charge in [-0.3, -0.25) is 9.88 Å². The highest BCUT2D eigenvalue weighted by molar-refractivity contribution is 5.94. The normalized spacial score (nSPS) is 15.4. The smallest absolute Gasteiger partial charge is 0.319 e. The summed E-state index contributed by atoms with van der Waals surface area (Å²) in [4.78, 5) is 18.6. The Balaban J connectivity index is 1.53. The van der Waals surface area contributed by atoms with Crippen molar-refractivity contribution in [3.63, 3.8) is 0 Å². The van der Waals surface area contributed by atoms with Gasteiger partial charge < -0.3 is 15.4 Å². The van der Waals surface area contributed by atoms with E-state index in [1.807, 2.05) is 36.4 Å². The van der Waals surface area contributed by atoms with Crippen LogP contribution in [0.25, 0.3) is 11.1 Å². The number of hydrogen-bond donors (Lipinski definition) is 2. The first-order chi connectivity index (χ1) is 12.3. The number of carbonyl (C=O) groups is 1. The van der Waals surface area contributed by atoms with Gasteiger partial charge in [0, 0.05) is 50.7 Å². The Kier molecular flexibility index (Phi) is 6.36. The molecule has 1 aromatic carbocycles. The molecule has 2 N–H and O–H groups in total. The van der Waals surface area contributed by atoms with E-state index in [1.165, 1.54) is 0 Å². The molecular formula is C19H24N4O2. The lowest BCUT2D eigenvalue weighted by atomic mass is 10.1. The number of ether oxygens (including phenoxy) is 1. The van der Waals surface area contributed by atoms with E-state index < -0.39 is 0 Å². The van der Waals surface area contributed by atoms with Crippen LogP contribution in [0.1, 0.15) is 6.42 Å². The number of para-hydroxylation sites is 1. The summed E-state index contributed by atoms with van der Waals surface area (Å²) in [6.07, 6.45) is 4.54. The average Bonchev–Trinajstić information content (AvgIpc) is 2.92. The Bertz CT molecular complexity index is 670. The minimum Gasteiger partial charge on any atom is -0.380 e. The molecule has 0 saturated carbocycles. The lowest BCUT2D eigenvalue weighted by Gasteiger charge is -2.19. The first-order valence-corrected chi connectivity index (χ1v) is 8.67. The summed E-state index contributed by atoms with van der Waals surface area (Å²) in [6.45, 7) is 5.00. The SMILES string of the molecule is O=C(NCCN1CCCOCC1)Nc1ccccc1-c1ccncc1. The third-order valence-electron chi connectivity index (χ3n) is 4.20. The van der Waals surface area contributed by atoms with Gasteiger partial charge in [-0.05, 0) is 30.2 Å². The molecule has 6 nitrogen and oxygen atoms in total. The molecule has 1 saturated heterocycles. The number of nitrogens with zero attached hydrogens (tertiary/aromatic N) is 2. The van der Waals surface area contributed by atoms with Crippen molar-refractivity contribution in [3.05, 3.63) is 48.8 Å². The first kappa shape index (κ1) is 17.4. The fourth-order valence-corrected chi connectivity index (χ4v) is 2.89. The molecule has 2 amide bonds. The van der Waals surface area contributed by atoms with Crippen LogP contribution < -0.4 is 10.6 Å². The van der Waals surface area contributed by atoms with Gasteiger partial charge in [-0.1, -0.05) is 18.2 Å². The molecular weight excluding hydrogens is 316 g/mol. The molecule has 1 aliphatic rings. The highest BCUT2D eigenvalue weighted by Crippen LogP contribution is 2.26. The van der Waals surface area contributed by atoms with E-state index in [1.54, 1.807) is 12.4 Å². The molecule has 3 rings (SSSR count). The number of carbonyl (C=O) groups excluding carboxylic acids is 1. The van der Waals surface area contributed by atoms with Crippen molar-refractivity contribution in [2.75, 3.05) is 44.7 Å². The van der Waals surface area contributed by atoms with Gasteiger partial charge in [0.15, 0.2) is 0 Å². The third-order valence-corrected chi connectivity index (χ3v) is 4.20. The maximum Gasteiger partial charge on any atom is 0.319 e. The number of urea groups is 1. The largest absolute Gasteiger partial charge is 0.380 e. The van der Waals surface area contributed by atoms with Crippen molar-refractivity contribution < 1.29 is 9.53 Å². The molecule has 6 heteroatoms. The molecule has 2 aromatic rings. The number of anilines is 1. The van der Waals surface area contributed by atoms with Gasteiger partial charge in [-0.2, -0.15) is 0 Å². The van der Waals surface area contributed by atoms with Gasteiger partial charge in [-0.25, -0.2) is 4.79 Å². The molecule has 0 spiro atoms. The van der Waals surface area contributed by atoms with Crippen LogP contribution in [0.4, 0.5) is 10.5 Å². The molecule has 0 aliphatic carbocycles. The predicted molar refractivity (Wildman–Crippen MR) is 98.6 cm³/mol. The number of pyridine rings is 1. The topological polar surface area (TPSA) is 66.5 Å². The van der Waals surface area contributed by atoms with E-state index in [-0.39, 0.29) is 6.03 Å². The number of rotatable bonds is 5. The number of amides is 2. The van der Waals surface area contributed by atoms with Crippen LogP contribution in [0.3, 0.4) is 0 Å². The van der Waals surface area contributed by atoms with Crippen LogP contribution in [0.15, 0.2) is 48.8 Å². The molecule has 1 aliphatic heterocycles. The van der Waals surface area contributed by atoms with E-state index in [0.717, 1.165) is 56.1 Å². The summed E-state index contributed by atoms with van der Waals surface area (Å²) in [5.74, 6) is 0. The molecule has 1 fully saturated rings. The van der Waals surface area contributed by atoms with Crippen molar-refractivity contribution in [1.82, 2.24) is 15.2 Å². The Labute approximate surface area is 148 Å². The van der Waals surface area contributed by atoms with Crippen molar-refractivity contribution in [2.24, 2.45) is 0 Å². The molecule has 0 atom stereocenters. The summed E-state index contributed by atoms with van der Waals surface area (Å²) >= 11 is 0. The second-order valence-corrected chi connectivity index (χ2v) is 5.97. The summed E-state index contributed by atoms with van der Waals surface area (Å²) in [5, 5.41) is 5.88. The Morgan fingerprint density at radius 3 is 2.84 bits per heavy atom. The molecule has 1 aromatic heterocycles. The van der Waals surface area contributed by atoms with Crippen LogP contribution >= 0.6 is 0 Å². The van der Waals surface area contributed by atoms with Gasteiger partial charge in [0.1, 0.15) is 0 Å². The van der Waals surface area contributed by atoms with E-state index in [2.05, 4.69) is 20.5 Å². The zero-order chi connectivity index (χ0) is 17.3. The molecule has 132 valence electrons. The van der Waals surface area contributed by atoms with Gasteiger partial charge >= 0.3 is 6.03 Å². The van der Waals surface area contributed by atoms with E-state index in [9.17, 15) is 4.79 Å². The minimum atomic E-state index is -0.187. The Hall–Kier alpha value is -2.44. The summed E-state index contributed by atoms with van der Waals surface area (Å²) in [5.41, 5.74) is 2.79. The minimum absolute atomic E-state index is 0.187. The average molecular weight is 340 g/mol. The molecule has 25 heavy (non-hydrogen) atoms. The van der Waals surface area contributed by atoms with E-state index >= 15 is 0 Å². The highest BCUT2D eigenvalue weighted by Gasteiger charge is 2.10. The molecule has 2 heterocycles. The van der Waals surface area contributed by atoms with E-state index in [0.29, 0.717) is 6.54 Å². The fourth-order valence-electron chi connectivity index (χ4n) is 2.89. The Morgan fingerprint density at radius 1 is 1.12 bits per heavy atom. The number of hydrogen-bond acceptors (Lipinski definition) is 4. The third kappa shape index (κ3) is 5.27. The Morgan fingerprint density at radius 2 is 1.96 bits per heavy atom. The summed E-state index contributed by atoms with van der Waals surface area (Å²) in [7, 11) is 0. The standard InChI is InChI=1S/C19H24N4O2/c24-19(21-10-12-23-11-3-14-25-15-13-23)22-18-5-2-1-4-17(18)16-6-8-20-9-7-16/h1-2,4-9H,3,10-15H2,(H2,21,22,24). The monoisotopic (exact) mass is 340 g/mol. The molecule has 0 radical (unpaired) electrons. The first-order valence-electron chi connectivity index (χ1n) is 8.67. The fraction of sp³-hybridized carbons (Fsp3) is 0.368. The van der Waals surface area contributed by atoms with Crippen molar-refractivity contribution in [2.45, 2.75) is 6.42 Å². The number of aromatic nitrogens is 1. The van der Waals surface area contributed by atoms with Gasteiger partial charge in [0.05, 0.1) is 12.3 Å². The zero-order valence-electron chi connectivity index (χ0n) is 14.3. The van der Waals surface area contributed by atoms with Crippen LogP contribution in [-0.2, 0) is 4.74 Å². The number of benzene rings is 1. The second kappa shape index (κ2) is 9.15. The summed E-state index contributed by atoms with van der Waals surface area (Å²) in [6, 6.07) is 11.4. The van der Waals surface area contributed by atoms with Crippen molar-refractivity contribution >= 4 is 11.7 Å². The van der Waals surface area contributed by atoms with Crippen molar-refractivity contribution in [1.29, 1.82) is 0 Å². The maximum atomic E-state index is 12.2. The lowest BCUT2D eigenvalue weighted by molar-refractivity contribution is 0.141. The van der Waals surface area contributed by atoms with E-state index in [4.69, 9.17) is 4.74 Å². The zero-order valence-corrected chi connectivity index (χ0v) is 14.3. The van der Waals surface area contributed by atoms with Crippen LogP contribution in [0.5, 0.6) is 0 Å². The molecule has 0 unspecified atom stereocenters. The van der Waals surface area contributed by atoms with Crippen molar-refractivity contribution in [3.8, 4) is 11.1 Å². The maximum absolute atomic E-state index is 12.2. The van der Waals surface area contributed by atoms with Crippen LogP contribution in [0.2, 0.25) is 0 Å². The predicted octanol–water partition coefficient (Wildman–Crippen LogP) is 2.59. The second-order valence-electron chi connectivity index (χ2n) is 5.97. The summed E-state index contributed by atoms with van der Waals surface area (Å²) < 4.78 is 5.44. The lowest BCUT2D eigenvalue weighted by Crippen LogP contribution is -2.38. The highest BCUT2D eigenvalue weighted by atomic mass is 16.5. The van der Waals surface area contributed by atoms with Gasteiger partial charge in [0.2, 0.25) is 0 Å². The molecule has 0 bridgehead atoms. The van der Waals surface area contributed by atoms with Crippen LogP contribution in [-0.4, -0.2) is 55.3 Å². The quantitative estimate of drug-likeness (QED) is 0.878. The van der Waals surface area contributed by atoms with Gasteiger partial charge in [-0.15, -0.1) is 0 Å².